The van der Waals surface area contributed by atoms with Gasteiger partial charge in [0.25, 0.3) is 5.79 Å². The molecule has 38 heavy (non-hydrogen) atoms. The zero-order valence-corrected chi connectivity index (χ0v) is 23.5. The van der Waals surface area contributed by atoms with Crippen molar-refractivity contribution in [3.63, 3.8) is 0 Å². The van der Waals surface area contributed by atoms with Crippen molar-refractivity contribution in [1.82, 2.24) is 0 Å². The number of ether oxygens (including phenoxy) is 4. The van der Waals surface area contributed by atoms with Crippen molar-refractivity contribution in [2.75, 3.05) is 13.2 Å². The van der Waals surface area contributed by atoms with Crippen molar-refractivity contribution in [2.45, 2.75) is 115 Å². The Balaban J connectivity index is 1.21. The molecule has 8 nitrogen and oxygen atoms in total. The lowest BCUT2D eigenvalue weighted by Crippen LogP contribution is -2.81. The van der Waals surface area contributed by atoms with Crippen molar-refractivity contribution in [1.29, 1.82) is 0 Å². The van der Waals surface area contributed by atoms with Gasteiger partial charge in [-0.25, -0.2) is 4.79 Å². The van der Waals surface area contributed by atoms with Crippen molar-refractivity contribution >= 4 is 11.8 Å². The summed E-state index contributed by atoms with van der Waals surface area (Å²) in [6, 6.07) is 0. The van der Waals surface area contributed by atoms with Gasteiger partial charge in [-0.2, -0.15) is 0 Å². The normalized spacial score (nSPS) is 44.0. The molecule has 1 spiro atoms. The van der Waals surface area contributed by atoms with Crippen LogP contribution in [0.3, 0.4) is 0 Å². The topological polar surface area (TPSA) is 112 Å². The number of aliphatic hydroxyl groups excluding tert-OH is 1. The predicted molar refractivity (Wildman–Crippen MR) is 139 cm³/mol. The highest BCUT2D eigenvalue weighted by Crippen LogP contribution is 2.58. The molecule has 0 aromatic heterocycles. The number of fused-ring (bicyclic) bond motifs is 2. The van der Waals surface area contributed by atoms with Gasteiger partial charge in [0.2, 0.25) is 5.79 Å². The van der Waals surface area contributed by atoms with E-state index < -0.39 is 28.9 Å². The van der Waals surface area contributed by atoms with Crippen LogP contribution in [0.1, 0.15) is 86.0 Å². The zero-order chi connectivity index (χ0) is 27.7. The molecule has 0 aromatic rings. The van der Waals surface area contributed by atoms with Crippen molar-refractivity contribution < 1.29 is 38.7 Å². The Bertz CT molecular complexity index is 1030. The fraction of sp³-hybridized carbons (Fsp3) is 0.800. The Morgan fingerprint density at radius 1 is 1.08 bits per heavy atom. The second-order valence-corrected chi connectivity index (χ2v) is 13.5. The summed E-state index contributed by atoms with van der Waals surface area (Å²) in [6.45, 7) is 14.8. The van der Waals surface area contributed by atoms with Crippen LogP contribution in [0.25, 0.3) is 0 Å². The zero-order valence-electron chi connectivity index (χ0n) is 23.5. The number of esters is 1. The van der Waals surface area contributed by atoms with E-state index in [1.807, 2.05) is 6.92 Å². The molecule has 6 rings (SSSR count). The summed E-state index contributed by atoms with van der Waals surface area (Å²) >= 11 is 0. The number of hydrogen-bond acceptors (Lipinski definition) is 8. The third kappa shape index (κ3) is 4.22. The molecular formula is C30H44O8. The smallest absolute Gasteiger partial charge is 0.333 e. The standard InChI is InChI=1S/C30H44O8/c1-18-7-9-21(26(2,3)24(18)22(31)15-20-12-14-35-25(20)33)10-8-19-11-13-29(36-17-19)28(6)16-23(32)30(34,38-29)27(4,5)37-28/h15,19,21-22,24,31,34H,1,7-14,16-17H2,2-6H3/t19-,21-,22-,24+,28-,29-,30-/m0/s1. The van der Waals surface area contributed by atoms with Gasteiger partial charge in [0.15, 0.2) is 5.78 Å². The van der Waals surface area contributed by atoms with Gasteiger partial charge in [0, 0.05) is 30.8 Å². The highest BCUT2D eigenvalue weighted by atomic mass is 16.8. The lowest BCUT2D eigenvalue weighted by Gasteiger charge is -2.65. The SMILES string of the molecule is C=C1CC[C@@H](CC[C@H]2CC[C@]3(OC2)O[C@@]2(O)C(=O)C[C@]3(C)OC2(C)C)C(C)(C)[C@H]1[C@@H](O)C=C1CCOC1=O. The van der Waals surface area contributed by atoms with Crippen LogP contribution in [0, 0.1) is 23.2 Å². The largest absolute Gasteiger partial charge is 0.462 e. The number of hydrogen-bond donors (Lipinski definition) is 2. The fourth-order valence-electron chi connectivity index (χ4n) is 7.90. The second kappa shape index (κ2) is 9.23. The van der Waals surface area contributed by atoms with Crippen LogP contribution in [-0.4, -0.2) is 64.1 Å². The molecule has 6 aliphatic rings. The van der Waals surface area contributed by atoms with Gasteiger partial charge in [0.05, 0.1) is 19.3 Å². The number of carbonyl (C=O) groups is 2. The molecule has 0 amide bonds. The third-order valence-electron chi connectivity index (χ3n) is 10.3. The molecule has 0 unspecified atom stereocenters. The highest BCUT2D eigenvalue weighted by molar-refractivity contribution is 5.90. The van der Waals surface area contributed by atoms with E-state index in [0.717, 1.165) is 37.7 Å². The van der Waals surface area contributed by atoms with Crippen LogP contribution in [0.15, 0.2) is 23.8 Å². The first-order valence-corrected chi connectivity index (χ1v) is 14.2. The molecule has 2 bridgehead atoms. The molecule has 2 N–H and O–H groups in total. The maximum atomic E-state index is 12.7. The summed E-state index contributed by atoms with van der Waals surface area (Å²) in [7, 11) is 0. The van der Waals surface area contributed by atoms with E-state index in [1.54, 1.807) is 19.9 Å². The molecule has 5 aliphatic heterocycles. The Morgan fingerprint density at radius 3 is 2.42 bits per heavy atom. The number of rotatable bonds is 5. The van der Waals surface area contributed by atoms with Crippen LogP contribution < -0.4 is 0 Å². The molecule has 1 saturated carbocycles. The molecule has 7 atom stereocenters. The van der Waals surface area contributed by atoms with Crippen LogP contribution in [0.4, 0.5) is 0 Å². The maximum Gasteiger partial charge on any atom is 0.333 e. The number of cyclic esters (lactones) is 1. The summed E-state index contributed by atoms with van der Waals surface area (Å²) < 4.78 is 23.8. The van der Waals surface area contributed by atoms with Gasteiger partial charge in [0.1, 0.15) is 11.2 Å². The maximum absolute atomic E-state index is 12.7. The minimum atomic E-state index is -2.01. The summed E-state index contributed by atoms with van der Waals surface area (Å²) in [4.78, 5) is 24.6. The second-order valence-electron chi connectivity index (χ2n) is 13.5. The Hall–Kier alpha value is -1.58. The average molecular weight is 533 g/mol. The molecular weight excluding hydrogens is 488 g/mol. The van der Waals surface area contributed by atoms with Gasteiger partial charge >= 0.3 is 5.97 Å². The first kappa shape index (κ1) is 28.0. The lowest BCUT2D eigenvalue weighted by molar-refractivity contribution is -0.496. The molecule has 6 fully saturated rings. The predicted octanol–water partition coefficient (Wildman–Crippen LogP) is 3.98. The molecule has 0 aromatic carbocycles. The van der Waals surface area contributed by atoms with Crippen molar-refractivity contribution in [3.05, 3.63) is 23.8 Å². The molecule has 5 saturated heterocycles. The van der Waals surface area contributed by atoms with E-state index >= 15 is 0 Å². The average Bonchev–Trinajstić information content (AvgIpc) is 3.20. The van der Waals surface area contributed by atoms with Gasteiger partial charge in [-0.15, -0.1) is 0 Å². The number of aliphatic hydroxyl groups is 2. The molecule has 212 valence electrons. The summed E-state index contributed by atoms with van der Waals surface area (Å²) in [5, 5.41) is 22.3. The number of Topliss-reactive ketones (excluding diaryl/α,β-unsaturated/α-hetero) is 1. The molecule has 1 aliphatic carbocycles. The quantitative estimate of drug-likeness (QED) is 0.311. The first-order chi connectivity index (χ1) is 17.6. The van der Waals surface area contributed by atoms with Crippen LogP contribution in [-0.2, 0) is 28.5 Å². The Morgan fingerprint density at radius 2 is 1.82 bits per heavy atom. The summed E-state index contributed by atoms with van der Waals surface area (Å²) in [6.07, 6.45) is 6.77. The lowest BCUT2D eigenvalue weighted by atomic mass is 9.57. The van der Waals surface area contributed by atoms with Gasteiger partial charge in [-0.05, 0) is 76.2 Å². The Labute approximate surface area is 225 Å². The van der Waals surface area contributed by atoms with E-state index in [-0.39, 0.29) is 29.5 Å². The fourth-order valence-corrected chi connectivity index (χ4v) is 7.90. The Kier molecular flexibility index (Phi) is 6.79. The molecule has 0 radical (unpaired) electrons. The minimum absolute atomic E-state index is 0.0648. The van der Waals surface area contributed by atoms with Crippen molar-refractivity contribution in [2.24, 2.45) is 23.2 Å². The van der Waals surface area contributed by atoms with Gasteiger partial charge in [-0.1, -0.05) is 26.0 Å². The van der Waals surface area contributed by atoms with Gasteiger partial charge < -0.3 is 29.2 Å². The van der Waals surface area contributed by atoms with E-state index in [9.17, 15) is 19.8 Å². The monoisotopic (exact) mass is 532 g/mol. The minimum Gasteiger partial charge on any atom is -0.462 e. The van der Waals surface area contributed by atoms with Crippen molar-refractivity contribution in [3.8, 4) is 0 Å². The molecule has 5 heterocycles. The van der Waals surface area contributed by atoms with E-state index in [2.05, 4.69) is 20.4 Å². The van der Waals surface area contributed by atoms with E-state index in [1.165, 1.54) is 0 Å². The van der Waals surface area contributed by atoms with Crippen LogP contribution >= 0.6 is 0 Å². The number of ketones is 1. The van der Waals surface area contributed by atoms with Gasteiger partial charge in [-0.3, -0.25) is 4.79 Å². The van der Waals surface area contributed by atoms with Crippen LogP contribution in [0.5, 0.6) is 0 Å². The highest BCUT2D eigenvalue weighted by Gasteiger charge is 2.74. The summed E-state index contributed by atoms with van der Waals surface area (Å²) in [5.74, 6) is -3.24. The first-order valence-electron chi connectivity index (χ1n) is 14.2. The molecule has 8 heteroatoms. The number of carbonyl (C=O) groups excluding carboxylic acids is 2. The third-order valence-corrected chi connectivity index (χ3v) is 10.3. The van der Waals surface area contributed by atoms with E-state index in [4.69, 9.17) is 18.9 Å². The van der Waals surface area contributed by atoms with E-state index in [0.29, 0.717) is 43.5 Å². The van der Waals surface area contributed by atoms with Crippen LogP contribution in [0.2, 0.25) is 0 Å². The summed E-state index contributed by atoms with van der Waals surface area (Å²) in [5.41, 5.74) is -0.680.